The Balaban J connectivity index is 1.92. The lowest BCUT2D eigenvalue weighted by Crippen LogP contribution is -2.42. The maximum atomic E-state index is 13.0. The third-order valence-electron chi connectivity index (χ3n) is 8.05. The van der Waals surface area contributed by atoms with E-state index in [1.807, 2.05) is 6.92 Å². The van der Waals surface area contributed by atoms with Crippen LogP contribution in [0.3, 0.4) is 0 Å². The van der Waals surface area contributed by atoms with Crippen molar-refractivity contribution in [2.75, 3.05) is 6.61 Å². The zero-order chi connectivity index (χ0) is 18.7. The Kier molecular flexibility index (Phi) is 4.09. The molecule has 0 N–H and O–H groups in total. The second-order valence-corrected chi connectivity index (χ2v) is 9.05. The van der Waals surface area contributed by atoms with Gasteiger partial charge in [-0.2, -0.15) is 0 Å². The molecule has 0 saturated heterocycles. The molecule has 0 aliphatic heterocycles. The predicted molar refractivity (Wildman–Crippen MR) is 106 cm³/mol. The highest BCUT2D eigenvalue weighted by Crippen LogP contribution is 2.63. The summed E-state index contributed by atoms with van der Waals surface area (Å²) in [6, 6.07) is 0. The maximum Gasteiger partial charge on any atom is 0.313 e. The Hall–Kier alpha value is -1.57. The van der Waals surface area contributed by atoms with Crippen LogP contribution in [0.1, 0.15) is 66.7 Å². The third kappa shape index (κ3) is 2.20. The molecule has 4 atom stereocenters. The lowest BCUT2D eigenvalue weighted by Gasteiger charge is -2.51. The molecule has 0 saturated carbocycles. The summed E-state index contributed by atoms with van der Waals surface area (Å²) in [7, 11) is 0. The van der Waals surface area contributed by atoms with Gasteiger partial charge in [-0.3, -0.25) is 4.79 Å². The summed E-state index contributed by atoms with van der Waals surface area (Å²) >= 11 is 0. The Morgan fingerprint density at radius 3 is 2.77 bits per heavy atom. The summed E-state index contributed by atoms with van der Waals surface area (Å²) in [4.78, 5) is 13.0. The number of carbonyl (C=O) groups excluding carboxylic acids is 1. The average molecular weight is 353 g/mol. The molecule has 26 heavy (non-hydrogen) atoms. The van der Waals surface area contributed by atoms with Gasteiger partial charge in [0.1, 0.15) is 0 Å². The molecule has 140 valence electrons. The van der Waals surface area contributed by atoms with Crippen LogP contribution in [-0.4, -0.2) is 12.6 Å². The van der Waals surface area contributed by atoms with Gasteiger partial charge in [-0.15, -0.1) is 0 Å². The molecule has 0 amide bonds. The number of esters is 1. The van der Waals surface area contributed by atoms with E-state index in [0.717, 1.165) is 25.7 Å². The highest BCUT2D eigenvalue weighted by atomic mass is 16.5. The van der Waals surface area contributed by atoms with Crippen molar-refractivity contribution in [2.45, 2.75) is 66.7 Å². The first-order chi connectivity index (χ1) is 12.3. The van der Waals surface area contributed by atoms with E-state index in [1.165, 1.54) is 34.3 Å². The second kappa shape index (κ2) is 5.97. The van der Waals surface area contributed by atoms with E-state index in [0.29, 0.717) is 12.5 Å². The van der Waals surface area contributed by atoms with Gasteiger partial charge < -0.3 is 4.74 Å². The Bertz CT molecular complexity index is 778. The highest BCUT2D eigenvalue weighted by Gasteiger charge is 2.53. The van der Waals surface area contributed by atoms with Crippen LogP contribution in [0.5, 0.6) is 0 Å². The summed E-state index contributed by atoms with van der Waals surface area (Å²) in [5.41, 5.74) is 7.42. The molecule has 4 aliphatic rings. The Labute approximate surface area is 158 Å². The Morgan fingerprint density at radius 2 is 2.04 bits per heavy atom. The summed E-state index contributed by atoms with van der Waals surface area (Å²) < 4.78 is 5.54. The van der Waals surface area contributed by atoms with Crippen LogP contribution in [0.15, 0.2) is 46.1 Å². The van der Waals surface area contributed by atoms with E-state index in [4.69, 9.17) is 4.74 Å². The van der Waals surface area contributed by atoms with Crippen LogP contribution in [0.2, 0.25) is 0 Å². The van der Waals surface area contributed by atoms with E-state index in [9.17, 15) is 4.79 Å². The molecule has 2 heteroatoms. The van der Waals surface area contributed by atoms with Gasteiger partial charge in [0, 0.05) is 5.41 Å². The molecule has 0 bridgehead atoms. The van der Waals surface area contributed by atoms with Gasteiger partial charge >= 0.3 is 5.97 Å². The zero-order valence-electron chi connectivity index (χ0n) is 16.9. The summed E-state index contributed by atoms with van der Waals surface area (Å²) in [5, 5.41) is 0. The SMILES string of the molecule is CCOC(=O)[C@@H]1CC2=CCC=C(C)[C@]2(C)C2=C1C1=CCC(C)[C@@]1(C)CC2. The standard InChI is InChI=1S/C24H32O2/c1-6-26-22(25)18-14-17-9-7-8-16(3)24(17,5)20-12-13-23(4)15(2)10-11-19(23)21(18)20/h8-9,11,15,18H,6-7,10,12-14H2,1-5H3/t15?,18-,23-,24+/m1/s1. The van der Waals surface area contributed by atoms with Crippen molar-refractivity contribution in [1.29, 1.82) is 0 Å². The number of ether oxygens (including phenoxy) is 1. The molecule has 4 rings (SSSR count). The van der Waals surface area contributed by atoms with Crippen LogP contribution in [0.4, 0.5) is 0 Å². The zero-order valence-corrected chi connectivity index (χ0v) is 16.9. The van der Waals surface area contributed by atoms with Gasteiger partial charge in [0.15, 0.2) is 0 Å². The molecule has 0 aromatic rings. The largest absolute Gasteiger partial charge is 0.466 e. The average Bonchev–Trinajstić information content (AvgIpc) is 2.91. The van der Waals surface area contributed by atoms with Crippen LogP contribution < -0.4 is 0 Å². The summed E-state index contributed by atoms with van der Waals surface area (Å²) in [6.45, 7) is 11.8. The number of fused-ring (bicyclic) bond motifs is 4. The van der Waals surface area contributed by atoms with Crippen molar-refractivity contribution < 1.29 is 9.53 Å². The van der Waals surface area contributed by atoms with E-state index in [1.54, 1.807) is 0 Å². The molecule has 4 aliphatic carbocycles. The molecule has 1 unspecified atom stereocenters. The fourth-order valence-corrected chi connectivity index (χ4v) is 5.98. The molecule has 0 aromatic heterocycles. The third-order valence-corrected chi connectivity index (χ3v) is 8.05. The summed E-state index contributed by atoms with van der Waals surface area (Å²) in [6.07, 6.45) is 12.4. The predicted octanol–water partition coefficient (Wildman–Crippen LogP) is 5.92. The monoisotopic (exact) mass is 352 g/mol. The first kappa shape index (κ1) is 17.8. The van der Waals surface area contributed by atoms with Crippen LogP contribution in [-0.2, 0) is 9.53 Å². The normalized spacial score (nSPS) is 38.6. The van der Waals surface area contributed by atoms with Gasteiger partial charge in [-0.1, -0.05) is 48.8 Å². The Morgan fingerprint density at radius 1 is 1.27 bits per heavy atom. The maximum absolute atomic E-state index is 13.0. The van der Waals surface area contributed by atoms with Crippen molar-refractivity contribution in [3.8, 4) is 0 Å². The number of hydrogen-bond acceptors (Lipinski definition) is 2. The van der Waals surface area contributed by atoms with Gasteiger partial charge in [-0.25, -0.2) is 0 Å². The minimum atomic E-state index is -0.119. The molecule has 0 heterocycles. The molecule has 0 aromatic carbocycles. The van der Waals surface area contributed by atoms with Crippen LogP contribution in [0, 0.1) is 22.7 Å². The molecule has 0 radical (unpaired) electrons. The fourth-order valence-electron chi connectivity index (χ4n) is 5.98. The molecular formula is C24H32O2. The van der Waals surface area contributed by atoms with Crippen molar-refractivity contribution in [3.05, 3.63) is 46.1 Å². The topological polar surface area (TPSA) is 26.3 Å². The van der Waals surface area contributed by atoms with Gasteiger partial charge in [0.05, 0.1) is 12.5 Å². The minimum absolute atomic E-state index is 0.00454. The minimum Gasteiger partial charge on any atom is -0.466 e. The van der Waals surface area contributed by atoms with E-state index < -0.39 is 0 Å². The van der Waals surface area contributed by atoms with Crippen molar-refractivity contribution in [2.24, 2.45) is 22.7 Å². The molecule has 0 fully saturated rings. The highest BCUT2D eigenvalue weighted by molar-refractivity contribution is 5.81. The van der Waals surface area contributed by atoms with Crippen LogP contribution >= 0.6 is 0 Å². The van der Waals surface area contributed by atoms with Gasteiger partial charge in [-0.05, 0) is 75.4 Å². The molecular weight excluding hydrogens is 320 g/mol. The lowest BCUT2D eigenvalue weighted by atomic mass is 9.52. The summed E-state index contributed by atoms with van der Waals surface area (Å²) in [5.74, 6) is 0.508. The fraction of sp³-hybridized carbons (Fsp3) is 0.625. The smallest absolute Gasteiger partial charge is 0.313 e. The number of hydrogen-bond donors (Lipinski definition) is 0. The van der Waals surface area contributed by atoms with E-state index in [-0.39, 0.29) is 22.7 Å². The van der Waals surface area contributed by atoms with E-state index >= 15 is 0 Å². The van der Waals surface area contributed by atoms with Gasteiger partial charge in [0.2, 0.25) is 0 Å². The first-order valence-electron chi connectivity index (χ1n) is 10.3. The van der Waals surface area contributed by atoms with Crippen LogP contribution in [0.25, 0.3) is 0 Å². The second-order valence-electron chi connectivity index (χ2n) is 9.05. The van der Waals surface area contributed by atoms with Crippen molar-refractivity contribution >= 4 is 5.97 Å². The van der Waals surface area contributed by atoms with Gasteiger partial charge in [0.25, 0.3) is 0 Å². The van der Waals surface area contributed by atoms with Crippen molar-refractivity contribution in [1.82, 2.24) is 0 Å². The van der Waals surface area contributed by atoms with Crippen molar-refractivity contribution in [3.63, 3.8) is 0 Å². The number of rotatable bonds is 2. The molecule has 0 spiro atoms. The first-order valence-corrected chi connectivity index (χ1v) is 10.3. The lowest BCUT2D eigenvalue weighted by molar-refractivity contribution is -0.146. The molecule has 2 nitrogen and oxygen atoms in total. The number of allylic oxidation sites excluding steroid dienone is 7. The quantitative estimate of drug-likeness (QED) is 0.456. The number of carbonyl (C=O) groups is 1. The van der Waals surface area contributed by atoms with E-state index in [2.05, 4.69) is 45.9 Å².